The van der Waals surface area contributed by atoms with Crippen LogP contribution in [0.2, 0.25) is 10.0 Å². The molecule has 30 heavy (non-hydrogen) atoms. The summed E-state index contributed by atoms with van der Waals surface area (Å²) in [5.41, 5.74) is 3.77. The van der Waals surface area contributed by atoms with Gasteiger partial charge in [0.25, 0.3) is 5.91 Å². The fourth-order valence-corrected chi connectivity index (χ4v) is 5.10. The fourth-order valence-electron chi connectivity index (χ4n) is 4.53. The first-order valence-corrected chi connectivity index (χ1v) is 10.6. The molecular formula is C22H22Cl3N3O2. The van der Waals surface area contributed by atoms with Gasteiger partial charge in [-0.05, 0) is 47.7 Å². The van der Waals surface area contributed by atoms with E-state index in [4.69, 9.17) is 23.2 Å². The lowest BCUT2D eigenvalue weighted by Gasteiger charge is -2.37. The number of amides is 3. The van der Waals surface area contributed by atoms with E-state index in [1.165, 1.54) is 22.6 Å². The van der Waals surface area contributed by atoms with Crippen molar-refractivity contribution in [3.63, 3.8) is 0 Å². The van der Waals surface area contributed by atoms with Crippen molar-refractivity contribution in [2.24, 2.45) is 0 Å². The number of carbonyl (C=O) groups is 2. The predicted octanol–water partition coefficient (Wildman–Crippen LogP) is 4.92. The molecule has 0 bridgehead atoms. The quantitative estimate of drug-likeness (QED) is 0.603. The molecule has 158 valence electrons. The first-order chi connectivity index (χ1) is 13.9. The molecule has 1 saturated carbocycles. The largest absolute Gasteiger partial charge is 0.331 e. The van der Waals surface area contributed by atoms with E-state index in [0.717, 1.165) is 29.8 Å². The lowest BCUT2D eigenvalue weighted by atomic mass is 9.83. The van der Waals surface area contributed by atoms with Crippen molar-refractivity contribution in [3.8, 4) is 0 Å². The number of benzene rings is 2. The highest BCUT2D eigenvalue weighted by atomic mass is 35.5. The number of halogens is 3. The molecule has 2 heterocycles. The first kappa shape index (κ1) is 21.4. The molecule has 3 amide bonds. The Hall–Kier alpha value is -1.79. The van der Waals surface area contributed by atoms with Gasteiger partial charge < -0.3 is 4.90 Å². The summed E-state index contributed by atoms with van der Waals surface area (Å²) < 4.78 is 0. The molecule has 0 unspecified atom stereocenters. The average Bonchev–Trinajstić information content (AvgIpc) is 3.49. The monoisotopic (exact) mass is 465 g/mol. The highest BCUT2D eigenvalue weighted by Crippen LogP contribution is 2.44. The van der Waals surface area contributed by atoms with Crippen LogP contribution in [0.25, 0.3) is 0 Å². The number of fused-ring (bicyclic) bond motifs is 1. The Morgan fingerprint density at radius 1 is 1.00 bits per heavy atom. The van der Waals surface area contributed by atoms with Crippen LogP contribution in [0.5, 0.6) is 0 Å². The SMILES string of the molecule is CN1CC(=O)N(c2ccccc2[C@@H]2CN(C3CC3)Cc3c(Cl)cc(Cl)cc32)C1=O.Cl. The van der Waals surface area contributed by atoms with Gasteiger partial charge in [0.2, 0.25) is 0 Å². The van der Waals surface area contributed by atoms with Gasteiger partial charge in [0.15, 0.2) is 0 Å². The molecule has 2 aliphatic heterocycles. The average molecular weight is 467 g/mol. The Bertz CT molecular complexity index is 1020. The maximum atomic E-state index is 12.7. The number of rotatable bonds is 3. The maximum absolute atomic E-state index is 12.7. The van der Waals surface area contributed by atoms with Crippen LogP contribution in [-0.4, -0.2) is 47.9 Å². The Balaban J connectivity index is 0.00000218. The number of hydrogen-bond donors (Lipinski definition) is 0. The molecule has 3 aliphatic rings. The molecule has 5 nitrogen and oxygen atoms in total. The summed E-state index contributed by atoms with van der Waals surface area (Å²) in [5.74, 6) is -0.220. The second-order valence-electron chi connectivity index (χ2n) is 8.10. The van der Waals surface area contributed by atoms with Gasteiger partial charge in [0.1, 0.15) is 6.54 Å². The molecule has 5 rings (SSSR count). The van der Waals surface area contributed by atoms with Gasteiger partial charge in [0, 0.05) is 42.1 Å². The van der Waals surface area contributed by atoms with Gasteiger partial charge in [-0.15, -0.1) is 12.4 Å². The zero-order chi connectivity index (χ0) is 20.3. The van der Waals surface area contributed by atoms with Crippen molar-refractivity contribution in [3.05, 3.63) is 63.1 Å². The second kappa shape index (κ2) is 8.04. The van der Waals surface area contributed by atoms with E-state index in [2.05, 4.69) is 4.90 Å². The van der Waals surface area contributed by atoms with Crippen LogP contribution in [0.4, 0.5) is 10.5 Å². The fraction of sp³-hybridized carbons (Fsp3) is 0.364. The molecule has 2 aromatic carbocycles. The van der Waals surface area contributed by atoms with Crippen LogP contribution >= 0.6 is 35.6 Å². The third-order valence-electron chi connectivity index (χ3n) is 6.10. The second-order valence-corrected chi connectivity index (χ2v) is 8.94. The summed E-state index contributed by atoms with van der Waals surface area (Å²) in [4.78, 5) is 30.5. The summed E-state index contributed by atoms with van der Waals surface area (Å²) in [6, 6.07) is 11.7. The van der Waals surface area contributed by atoms with E-state index < -0.39 is 0 Å². The van der Waals surface area contributed by atoms with Crippen molar-refractivity contribution in [2.75, 3.05) is 25.0 Å². The van der Waals surface area contributed by atoms with Gasteiger partial charge in [-0.1, -0.05) is 41.4 Å². The number of likely N-dealkylation sites (N-methyl/N-ethyl adjacent to an activating group) is 1. The van der Waals surface area contributed by atoms with Gasteiger partial charge in [-0.25, -0.2) is 9.69 Å². The van der Waals surface area contributed by atoms with Crippen molar-refractivity contribution in [2.45, 2.75) is 31.3 Å². The first-order valence-electron chi connectivity index (χ1n) is 9.83. The van der Waals surface area contributed by atoms with Crippen LogP contribution in [0.1, 0.15) is 35.4 Å². The molecule has 2 fully saturated rings. The van der Waals surface area contributed by atoms with E-state index in [1.807, 2.05) is 30.3 Å². The number of imide groups is 1. The molecule has 1 atom stereocenters. The van der Waals surface area contributed by atoms with Crippen LogP contribution in [0.3, 0.4) is 0 Å². The van der Waals surface area contributed by atoms with Crippen LogP contribution in [-0.2, 0) is 11.3 Å². The molecule has 2 aromatic rings. The minimum absolute atomic E-state index is 0. The number of nitrogens with zero attached hydrogens (tertiary/aromatic N) is 3. The van der Waals surface area contributed by atoms with Gasteiger partial charge in [-0.3, -0.25) is 9.69 Å². The summed E-state index contributed by atoms with van der Waals surface area (Å²) in [7, 11) is 1.65. The number of carbonyl (C=O) groups excluding carboxylic acids is 2. The van der Waals surface area contributed by atoms with Crippen molar-refractivity contribution in [1.82, 2.24) is 9.80 Å². The van der Waals surface area contributed by atoms with E-state index in [1.54, 1.807) is 13.1 Å². The highest BCUT2D eigenvalue weighted by molar-refractivity contribution is 6.35. The minimum atomic E-state index is -0.290. The molecule has 0 N–H and O–H groups in total. The smallest absolute Gasteiger partial charge is 0.318 e. The van der Waals surface area contributed by atoms with E-state index in [-0.39, 0.29) is 36.8 Å². The van der Waals surface area contributed by atoms with Crippen LogP contribution in [0.15, 0.2) is 36.4 Å². The molecular weight excluding hydrogens is 445 g/mol. The Kier molecular flexibility index (Phi) is 5.75. The third-order valence-corrected chi connectivity index (χ3v) is 6.66. The van der Waals surface area contributed by atoms with Crippen LogP contribution < -0.4 is 4.90 Å². The lowest BCUT2D eigenvalue weighted by molar-refractivity contribution is -0.116. The molecule has 0 radical (unpaired) electrons. The van der Waals surface area contributed by atoms with Crippen molar-refractivity contribution < 1.29 is 9.59 Å². The zero-order valence-electron chi connectivity index (χ0n) is 16.5. The Morgan fingerprint density at radius 3 is 2.40 bits per heavy atom. The standard InChI is InChI=1S/C22H21Cl2N3O2.ClH/c1-25-12-21(28)27(22(25)29)20-5-3-2-4-15(20)17-10-26(14-6-7-14)11-18-16(17)8-13(23)9-19(18)24;/h2-5,8-9,14,17H,6-7,10-12H2,1H3;1H/t17-;/m0./s1. The highest BCUT2D eigenvalue weighted by Gasteiger charge is 2.40. The normalized spacial score (nSPS) is 21.6. The van der Waals surface area contributed by atoms with Gasteiger partial charge >= 0.3 is 6.03 Å². The summed E-state index contributed by atoms with van der Waals surface area (Å²) in [6.07, 6.45) is 2.39. The van der Waals surface area contributed by atoms with E-state index >= 15 is 0 Å². The van der Waals surface area contributed by atoms with Crippen molar-refractivity contribution >= 4 is 53.2 Å². The maximum Gasteiger partial charge on any atom is 0.331 e. The Morgan fingerprint density at radius 2 is 1.73 bits per heavy atom. The van der Waals surface area contributed by atoms with E-state index in [9.17, 15) is 9.59 Å². The number of hydrogen-bond acceptors (Lipinski definition) is 3. The molecule has 1 aliphatic carbocycles. The topological polar surface area (TPSA) is 43.9 Å². The predicted molar refractivity (Wildman–Crippen MR) is 121 cm³/mol. The van der Waals surface area contributed by atoms with E-state index in [0.29, 0.717) is 21.8 Å². The van der Waals surface area contributed by atoms with Crippen molar-refractivity contribution in [1.29, 1.82) is 0 Å². The number of urea groups is 1. The summed E-state index contributed by atoms with van der Waals surface area (Å²) in [5, 5.41) is 1.28. The molecule has 1 saturated heterocycles. The molecule has 8 heteroatoms. The molecule has 0 spiro atoms. The Labute approximate surface area is 191 Å². The third kappa shape index (κ3) is 3.58. The number of para-hydroxylation sites is 1. The summed E-state index contributed by atoms with van der Waals surface area (Å²) in [6.45, 7) is 1.72. The lowest BCUT2D eigenvalue weighted by Crippen LogP contribution is -2.37. The molecule has 0 aromatic heterocycles. The minimum Gasteiger partial charge on any atom is -0.318 e. The van der Waals surface area contributed by atoms with Gasteiger partial charge in [-0.2, -0.15) is 0 Å². The number of anilines is 1. The van der Waals surface area contributed by atoms with Gasteiger partial charge in [0.05, 0.1) is 5.69 Å². The summed E-state index contributed by atoms with van der Waals surface area (Å²) >= 11 is 12.9. The zero-order valence-corrected chi connectivity index (χ0v) is 18.8. The van der Waals surface area contributed by atoms with Crippen LogP contribution in [0, 0.1) is 0 Å².